The monoisotopic (exact) mass is 440 g/mol. The Kier molecular flexibility index (Phi) is 7.02. The molecule has 0 unspecified atom stereocenters. The van der Waals surface area contributed by atoms with Gasteiger partial charge in [0.1, 0.15) is 10.6 Å². The minimum Gasteiger partial charge on any atom is -0.371 e. The maximum Gasteiger partial charge on any atom is 0.245 e. The minimum absolute atomic E-state index is 0.170. The van der Waals surface area contributed by atoms with Crippen molar-refractivity contribution in [1.29, 1.82) is 0 Å². The third-order valence-electron chi connectivity index (χ3n) is 5.33. The van der Waals surface area contributed by atoms with E-state index in [0.717, 1.165) is 0 Å². The van der Waals surface area contributed by atoms with Gasteiger partial charge in [0.2, 0.25) is 15.8 Å². The number of aliphatic imine (C=N–C) groups is 1. The van der Waals surface area contributed by atoms with Gasteiger partial charge in [0, 0.05) is 37.9 Å². The molecule has 0 amide bonds. The van der Waals surface area contributed by atoms with Gasteiger partial charge in [-0.2, -0.15) is 4.31 Å². The summed E-state index contributed by atoms with van der Waals surface area (Å²) in [7, 11) is -3.69. The van der Waals surface area contributed by atoms with Gasteiger partial charge >= 0.3 is 0 Å². The molecule has 1 aromatic heterocycles. The predicted molar refractivity (Wildman–Crippen MR) is 124 cm³/mol. The van der Waals surface area contributed by atoms with Gasteiger partial charge in [-0.05, 0) is 56.3 Å². The van der Waals surface area contributed by atoms with E-state index in [9.17, 15) is 13.2 Å². The highest BCUT2D eigenvalue weighted by Crippen LogP contribution is 2.32. The molecule has 31 heavy (non-hydrogen) atoms. The number of benzene rings is 1. The van der Waals surface area contributed by atoms with Crippen LogP contribution in [0.3, 0.4) is 0 Å². The molecule has 164 valence electrons. The van der Waals surface area contributed by atoms with Crippen LogP contribution in [0, 0.1) is 0 Å². The Morgan fingerprint density at radius 1 is 0.968 bits per heavy atom. The van der Waals surface area contributed by atoms with Gasteiger partial charge in [-0.1, -0.05) is 13.8 Å². The predicted octanol–water partition coefficient (Wildman–Crippen LogP) is 3.83. The number of sulfonamides is 1. The normalized spacial score (nSPS) is 14.9. The van der Waals surface area contributed by atoms with Crippen LogP contribution in [0.2, 0.25) is 0 Å². The number of anilines is 1. The van der Waals surface area contributed by atoms with Crippen LogP contribution in [0.4, 0.5) is 11.4 Å². The number of ketones is 1. The SMILES string of the molecule is CCN(CC)c1ccc(N=C2C=CC(=O)c3ncccc32)cc1S(=O)(=O)N(CC)CC. The summed E-state index contributed by atoms with van der Waals surface area (Å²) in [4.78, 5) is 23.2. The zero-order valence-corrected chi connectivity index (χ0v) is 19.2. The first-order valence-electron chi connectivity index (χ1n) is 10.5. The van der Waals surface area contributed by atoms with Crippen molar-refractivity contribution in [1.82, 2.24) is 9.29 Å². The van der Waals surface area contributed by atoms with Gasteiger partial charge in [-0.15, -0.1) is 0 Å². The van der Waals surface area contributed by atoms with E-state index >= 15 is 0 Å². The van der Waals surface area contributed by atoms with Crippen LogP contribution in [0.1, 0.15) is 43.7 Å². The molecule has 1 heterocycles. The van der Waals surface area contributed by atoms with Crippen LogP contribution in [0.25, 0.3) is 0 Å². The third-order valence-corrected chi connectivity index (χ3v) is 7.41. The van der Waals surface area contributed by atoms with E-state index in [1.165, 1.54) is 10.4 Å². The van der Waals surface area contributed by atoms with E-state index in [0.29, 0.717) is 54.5 Å². The lowest BCUT2D eigenvalue weighted by Crippen LogP contribution is -2.33. The molecule has 8 heteroatoms. The smallest absolute Gasteiger partial charge is 0.245 e. The summed E-state index contributed by atoms with van der Waals surface area (Å²) in [5.41, 5.74) is 2.72. The van der Waals surface area contributed by atoms with Crippen LogP contribution >= 0.6 is 0 Å². The van der Waals surface area contributed by atoms with Crippen LogP contribution in [-0.4, -0.2) is 55.4 Å². The second kappa shape index (κ2) is 9.53. The molecule has 0 fully saturated rings. The number of pyridine rings is 1. The number of aromatic nitrogens is 1. The first kappa shape index (κ1) is 22.8. The van der Waals surface area contributed by atoms with Crippen molar-refractivity contribution in [3.63, 3.8) is 0 Å². The number of allylic oxidation sites excluding steroid dienone is 2. The molecule has 1 aromatic carbocycles. The number of hydrogen-bond acceptors (Lipinski definition) is 6. The largest absolute Gasteiger partial charge is 0.371 e. The average Bonchev–Trinajstić information content (AvgIpc) is 2.78. The second-order valence-electron chi connectivity index (χ2n) is 7.01. The summed E-state index contributed by atoms with van der Waals surface area (Å²) < 4.78 is 28.3. The zero-order chi connectivity index (χ0) is 22.6. The Morgan fingerprint density at radius 3 is 2.32 bits per heavy atom. The first-order valence-corrected chi connectivity index (χ1v) is 12.0. The van der Waals surface area contributed by atoms with Gasteiger partial charge in [-0.25, -0.2) is 13.4 Å². The highest BCUT2D eigenvalue weighted by molar-refractivity contribution is 7.89. The number of nitrogens with zero attached hydrogens (tertiary/aromatic N) is 4. The molecule has 0 radical (unpaired) electrons. The minimum atomic E-state index is -3.69. The number of rotatable bonds is 8. The molecule has 1 aliphatic carbocycles. The molecule has 0 bridgehead atoms. The van der Waals surface area contributed by atoms with E-state index in [2.05, 4.69) is 9.98 Å². The topological polar surface area (TPSA) is 82.9 Å². The van der Waals surface area contributed by atoms with E-state index < -0.39 is 10.0 Å². The Balaban J connectivity index is 2.17. The molecule has 0 N–H and O–H groups in total. The van der Waals surface area contributed by atoms with Crippen molar-refractivity contribution in [3.05, 3.63) is 59.9 Å². The highest BCUT2D eigenvalue weighted by atomic mass is 32.2. The summed E-state index contributed by atoms with van der Waals surface area (Å²) in [5, 5.41) is 0. The molecule has 1 aliphatic rings. The van der Waals surface area contributed by atoms with Crippen molar-refractivity contribution in [2.75, 3.05) is 31.1 Å². The Morgan fingerprint density at radius 2 is 1.68 bits per heavy atom. The summed E-state index contributed by atoms with van der Waals surface area (Å²) in [5.74, 6) is -0.170. The van der Waals surface area contributed by atoms with Crippen LogP contribution in [-0.2, 0) is 10.0 Å². The Bertz CT molecular complexity index is 1130. The molecule has 0 spiro atoms. The number of carbonyl (C=O) groups is 1. The van der Waals surface area contributed by atoms with E-state index in [1.54, 1.807) is 30.5 Å². The first-order chi connectivity index (χ1) is 14.9. The Hall–Kier alpha value is -2.84. The molecular formula is C23H28N4O3S. The molecular weight excluding hydrogens is 412 g/mol. The fourth-order valence-electron chi connectivity index (χ4n) is 3.68. The molecule has 0 atom stereocenters. The number of carbonyl (C=O) groups excluding carboxylic acids is 1. The Labute approximate surface area is 184 Å². The number of hydrogen-bond donors (Lipinski definition) is 0. The van der Waals surface area contributed by atoms with Gasteiger partial charge in [-0.3, -0.25) is 9.78 Å². The zero-order valence-electron chi connectivity index (χ0n) is 18.4. The van der Waals surface area contributed by atoms with Crippen molar-refractivity contribution in [2.24, 2.45) is 4.99 Å². The van der Waals surface area contributed by atoms with Crippen molar-refractivity contribution < 1.29 is 13.2 Å². The molecule has 2 aromatic rings. The van der Waals surface area contributed by atoms with Crippen LogP contribution in [0.5, 0.6) is 0 Å². The number of fused-ring (bicyclic) bond motifs is 1. The van der Waals surface area contributed by atoms with Crippen molar-refractivity contribution in [2.45, 2.75) is 32.6 Å². The molecule has 0 aliphatic heterocycles. The summed E-state index contributed by atoms with van der Waals surface area (Å²) >= 11 is 0. The van der Waals surface area contributed by atoms with Gasteiger partial charge in [0.15, 0.2) is 0 Å². The molecule has 0 saturated heterocycles. The van der Waals surface area contributed by atoms with E-state index in [-0.39, 0.29) is 10.7 Å². The van der Waals surface area contributed by atoms with Gasteiger partial charge in [0.05, 0.1) is 17.1 Å². The third kappa shape index (κ3) is 4.45. The van der Waals surface area contributed by atoms with E-state index in [1.807, 2.05) is 44.7 Å². The average molecular weight is 441 g/mol. The van der Waals surface area contributed by atoms with Crippen molar-refractivity contribution >= 4 is 32.9 Å². The maximum atomic E-state index is 13.4. The lowest BCUT2D eigenvalue weighted by Gasteiger charge is -2.27. The summed E-state index contributed by atoms with van der Waals surface area (Å²) in [6, 6.07) is 8.78. The molecule has 7 nitrogen and oxygen atoms in total. The van der Waals surface area contributed by atoms with E-state index in [4.69, 9.17) is 0 Å². The lowest BCUT2D eigenvalue weighted by atomic mass is 9.99. The van der Waals surface area contributed by atoms with Crippen molar-refractivity contribution in [3.8, 4) is 0 Å². The molecule has 3 rings (SSSR count). The quantitative estimate of drug-likeness (QED) is 0.623. The fourth-order valence-corrected chi connectivity index (χ4v) is 5.36. The van der Waals surface area contributed by atoms with Crippen LogP contribution in [0.15, 0.2) is 58.6 Å². The highest BCUT2D eigenvalue weighted by Gasteiger charge is 2.27. The lowest BCUT2D eigenvalue weighted by molar-refractivity contribution is 0.104. The molecule has 0 saturated carbocycles. The standard InChI is InChI=1S/C23H28N4O3S/c1-5-26(6-2)20-13-11-17(16-22(20)31(29,30)27(7-3)8-4)25-19-12-14-21(28)23-18(19)10-9-15-24-23/h9-16H,5-8H2,1-4H3. The summed E-state index contributed by atoms with van der Waals surface area (Å²) in [6.45, 7) is 9.81. The van der Waals surface area contributed by atoms with Crippen LogP contribution < -0.4 is 4.90 Å². The summed E-state index contributed by atoms with van der Waals surface area (Å²) in [6.07, 6.45) is 4.65. The van der Waals surface area contributed by atoms with Gasteiger partial charge in [0.25, 0.3) is 0 Å². The fraction of sp³-hybridized carbons (Fsp3) is 0.348. The van der Waals surface area contributed by atoms with Gasteiger partial charge < -0.3 is 4.90 Å². The second-order valence-corrected chi connectivity index (χ2v) is 8.91. The maximum absolute atomic E-state index is 13.4.